The van der Waals surface area contributed by atoms with Gasteiger partial charge in [-0.15, -0.1) is 0 Å². The maximum absolute atomic E-state index is 12.6. The Balaban J connectivity index is 1.40. The van der Waals surface area contributed by atoms with Gasteiger partial charge in [0, 0.05) is 30.9 Å². The molecule has 1 amide bonds. The van der Waals surface area contributed by atoms with Crippen LogP contribution in [0.15, 0.2) is 48.5 Å². The van der Waals surface area contributed by atoms with Crippen LogP contribution in [0.4, 0.5) is 11.4 Å². The van der Waals surface area contributed by atoms with Gasteiger partial charge in [0.15, 0.2) is 6.10 Å². The molecule has 0 aliphatic carbocycles. The zero-order valence-electron chi connectivity index (χ0n) is 15.3. The number of nitrogens with zero attached hydrogens (tertiary/aromatic N) is 1. The van der Waals surface area contributed by atoms with Gasteiger partial charge in [-0.1, -0.05) is 31.0 Å². The summed E-state index contributed by atoms with van der Waals surface area (Å²) in [5, 5.41) is 2.87. The Morgan fingerprint density at radius 3 is 2.41 bits per heavy atom. The third-order valence-electron chi connectivity index (χ3n) is 5.29. The molecule has 1 atom stereocenters. The van der Waals surface area contributed by atoms with E-state index in [1.807, 2.05) is 36.4 Å². The van der Waals surface area contributed by atoms with Gasteiger partial charge in [-0.2, -0.15) is 0 Å². The molecule has 1 unspecified atom stereocenters. The molecule has 5 nitrogen and oxygen atoms in total. The van der Waals surface area contributed by atoms with Crippen molar-refractivity contribution in [1.29, 1.82) is 0 Å². The molecule has 2 heterocycles. The molecule has 0 spiro atoms. The number of hydrogen-bond donors (Lipinski definition) is 1. The fourth-order valence-corrected chi connectivity index (χ4v) is 3.78. The van der Waals surface area contributed by atoms with Crippen LogP contribution in [0.2, 0.25) is 0 Å². The van der Waals surface area contributed by atoms with Crippen molar-refractivity contribution in [2.45, 2.75) is 38.2 Å². The van der Waals surface area contributed by atoms with Crippen LogP contribution >= 0.6 is 0 Å². The summed E-state index contributed by atoms with van der Waals surface area (Å²) in [5.41, 5.74) is 3.30. The quantitative estimate of drug-likeness (QED) is 0.842. The van der Waals surface area contributed by atoms with Crippen molar-refractivity contribution in [1.82, 2.24) is 0 Å². The van der Waals surface area contributed by atoms with E-state index in [4.69, 9.17) is 4.74 Å². The first kappa shape index (κ1) is 17.6. The second-order valence-electron chi connectivity index (χ2n) is 7.19. The lowest BCUT2D eigenvalue weighted by Crippen LogP contribution is -2.37. The molecule has 2 aromatic rings. The second-order valence-corrected chi connectivity index (χ2v) is 7.19. The molecule has 1 saturated heterocycles. The molecule has 0 aromatic heterocycles. The number of fused-ring (bicyclic) bond motifs is 1. The highest BCUT2D eigenvalue weighted by Crippen LogP contribution is 2.24. The number of amides is 1. The van der Waals surface area contributed by atoms with Gasteiger partial charge in [0.25, 0.3) is 5.91 Å². The molecule has 2 aliphatic heterocycles. The molecule has 2 aliphatic rings. The summed E-state index contributed by atoms with van der Waals surface area (Å²) in [4.78, 5) is 27.1. The highest BCUT2D eigenvalue weighted by molar-refractivity contribution is 6.00. The Morgan fingerprint density at radius 1 is 0.963 bits per heavy atom. The number of cyclic esters (lactones) is 1. The van der Waals surface area contributed by atoms with Gasteiger partial charge in [0.1, 0.15) is 0 Å². The summed E-state index contributed by atoms with van der Waals surface area (Å²) in [7, 11) is 0. The number of benzene rings is 2. The van der Waals surface area contributed by atoms with Crippen molar-refractivity contribution >= 4 is 23.3 Å². The first-order chi connectivity index (χ1) is 13.2. The van der Waals surface area contributed by atoms with Crippen LogP contribution in [-0.4, -0.2) is 31.1 Å². The third-order valence-corrected chi connectivity index (χ3v) is 5.29. The molecule has 0 saturated carbocycles. The van der Waals surface area contributed by atoms with E-state index in [0.717, 1.165) is 18.7 Å². The molecule has 1 fully saturated rings. The fourth-order valence-electron chi connectivity index (χ4n) is 3.78. The molecule has 0 radical (unpaired) electrons. The molecule has 140 valence electrons. The monoisotopic (exact) mass is 364 g/mol. The van der Waals surface area contributed by atoms with Gasteiger partial charge < -0.3 is 15.0 Å². The van der Waals surface area contributed by atoms with Crippen LogP contribution in [0, 0.1) is 0 Å². The minimum Gasteiger partial charge on any atom is -0.448 e. The number of carbonyl (C=O) groups excluding carboxylic acids is 2. The zero-order valence-corrected chi connectivity index (χ0v) is 15.3. The normalized spacial score (nSPS) is 19.6. The van der Waals surface area contributed by atoms with Gasteiger partial charge in [0.05, 0.1) is 5.56 Å². The topological polar surface area (TPSA) is 58.6 Å². The van der Waals surface area contributed by atoms with Crippen LogP contribution in [0.25, 0.3) is 0 Å². The number of carbonyl (C=O) groups is 2. The van der Waals surface area contributed by atoms with Crippen molar-refractivity contribution in [2.75, 3.05) is 23.3 Å². The highest BCUT2D eigenvalue weighted by Gasteiger charge is 2.31. The van der Waals surface area contributed by atoms with Crippen LogP contribution in [-0.2, 0) is 16.0 Å². The molecular weight excluding hydrogens is 340 g/mol. The van der Waals surface area contributed by atoms with Crippen molar-refractivity contribution in [3.05, 3.63) is 59.7 Å². The van der Waals surface area contributed by atoms with Crippen LogP contribution in [0.1, 0.15) is 41.6 Å². The van der Waals surface area contributed by atoms with Gasteiger partial charge in [0.2, 0.25) is 0 Å². The predicted molar refractivity (Wildman–Crippen MR) is 105 cm³/mol. The van der Waals surface area contributed by atoms with Gasteiger partial charge in [-0.3, -0.25) is 4.79 Å². The van der Waals surface area contributed by atoms with E-state index >= 15 is 0 Å². The van der Waals surface area contributed by atoms with Crippen molar-refractivity contribution in [2.24, 2.45) is 0 Å². The van der Waals surface area contributed by atoms with E-state index in [-0.39, 0.29) is 5.91 Å². The summed E-state index contributed by atoms with van der Waals surface area (Å²) in [6.45, 7) is 2.17. The van der Waals surface area contributed by atoms with Gasteiger partial charge in [-0.05, 0) is 48.7 Å². The maximum atomic E-state index is 12.6. The predicted octanol–water partition coefficient (Wildman–Crippen LogP) is 3.79. The van der Waals surface area contributed by atoms with Crippen LogP contribution in [0.3, 0.4) is 0 Å². The Hall–Kier alpha value is -2.82. The lowest BCUT2D eigenvalue weighted by Gasteiger charge is -2.24. The lowest BCUT2D eigenvalue weighted by atomic mass is 9.98. The van der Waals surface area contributed by atoms with E-state index in [9.17, 15) is 9.59 Å². The van der Waals surface area contributed by atoms with Crippen molar-refractivity contribution in [3.8, 4) is 0 Å². The number of rotatable bonds is 3. The molecular formula is C22H24N2O3. The molecule has 4 rings (SSSR count). The third kappa shape index (κ3) is 3.97. The van der Waals surface area contributed by atoms with E-state index < -0.39 is 12.1 Å². The molecule has 0 bridgehead atoms. The fraction of sp³-hybridized carbons (Fsp3) is 0.364. The van der Waals surface area contributed by atoms with Crippen molar-refractivity contribution < 1.29 is 14.3 Å². The average Bonchev–Trinajstić information content (AvgIpc) is 2.98. The summed E-state index contributed by atoms with van der Waals surface area (Å²) in [6, 6.07) is 15.2. The molecule has 2 aromatic carbocycles. The SMILES string of the molecule is O=C1OC(C(=O)Nc2ccc(N3CCCCCC3)cc2)Cc2ccccc21. The minimum atomic E-state index is -0.794. The molecule has 27 heavy (non-hydrogen) atoms. The summed E-state index contributed by atoms with van der Waals surface area (Å²) in [6.07, 6.45) is 4.67. The summed E-state index contributed by atoms with van der Waals surface area (Å²) < 4.78 is 5.32. The van der Waals surface area contributed by atoms with Crippen molar-refractivity contribution in [3.63, 3.8) is 0 Å². The van der Waals surface area contributed by atoms with Crippen LogP contribution < -0.4 is 10.2 Å². The van der Waals surface area contributed by atoms with E-state index in [1.54, 1.807) is 12.1 Å². The Bertz CT molecular complexity index is 824. The van der Waals surface area contributed by atoms with Gasteiger partial charge >= 0.3 is 5.97 Å². The number of esters is 1. The van der Waals surface area contributed by atoms with E-state index in [2.05, 4.69) is 10.2 Å². The Labute approximate surface area is 159 Å². The standard InChI is InChI=1S/C22H24N2O3/c25-21(20-15-16-7-3-4-8-19(16)22(26)27-20)23-17-9-11-18(12-10-17)24-13-5-1-2-6-14-24/h3-4,7-12,20H,1-2,5-6,13-15H2,(H,23,25). The van der Waals surface area contributed by atoms with E-state index in [1.165, 1.54) is 31.4 Å². The molecule has 1 N–H and O–H groups in total. The Kier molecular flexibility index (Phi) is 5.10. The average molecular weight is 364 g/mol. The number of hydrogen-bond acceptors (Lipinski definition) is 4. The van der Waals surface area contributed by atoms with E-state index in [0.29, 0.717) is 17.7 Å². The smallest absolute Gasteiger partial charge is 0.339 e. The number of ether oxygens (including phenoxy) is 1. The number of anilines is 2. The first-order valence-corrected chi connectivity index (χ1v) is 9.65. The first-order valence-electron chi connectivity index (χ1n) is 9.65. The molecule has 5 heteroatoms. The lowest BCUT2D eigenvalue weighted by molar-refractivity contribution is -0.125. The summed E-state index contributed by atoms with van der Waals surface area (Å²) >= 11 is 0. The van der Waals surface area contributed by atoms with Crippen LogP contribution in [0.5, 0.6) is 0 Å². The second kappa shape index (κ2) is 7.82. The maximum Gasteiger partial charge on any atom is 0.339 e. The zero-order chi connectivity index (χ0) is 18.6. The minimum absolute atomic E-state index is 0.291. The largest absolute Gasteiger partial charge is 0.448 e. The Morgan fingerprint density at radius 2 is 1.67 bits per heavy atom. The summed E-state index contributed by atoms with van der Waals surface area (Å²) in [5.74, 6) is -0.728. The number of nitrogens with one attached hydrogen (secondary N) is 1. The van der Waals surface area contributed by atoms with Gasteiger partial charge in [-0.25, -0.2) is 4.79 Å². The highest BCUT2D eigenvalue weighted by atomic mass is 16.5.